The molecule has 330 valence electrons. The molecule has 8 bridgehead atoms. The molecular weight excluding hydrogens is 816 g/mol. The van der Waals surface area contributed by atoms with Crippen molar-refractivity contribution in [3.63, 3.8) is 0 Å². The van der Waals surface area contributed by atoms with Crippen LogP contribution in [0.1, 0.15) is 122 Å². The molecule has 0 amide bonds. The van der Waals surface area contributed by atoms with Crippen molar-refractivity contribution in [2.24, 2.45) is 0 Å². The molecule has 0 saturated heterocycles. The highest BCUT2D eigenvalue weighted by Crippen LogP contribution is 2.51. The number of hydrogen-bond acceptors (Lipinski definition) is 18. The van der Waals surface area contributed by atoms with Gasteiger partial charge in [0, 0.05) is 128 Å². The minimum atomic E-state index is -1.64. The van der Waals surface area contributed by atoms with Gasteiger partial charge in [-0.05, 0) is 111 Å². The Labute approximate surface area is 351 Å². The van der Waals surface area contributed by atoms with Crippen molar-refractivity contribution in [2.45, 2.75) is 114 Å². The van der Waals surface area contributed by atoms with Gasteiger partial charge in [0.15, 0.2) is 0 Å². The molecule has 2 aliphatic heterocycles. The van der Waals surface area contributed by atoms with Crippen molar-refractivity contribution in [3.8, 4) is 0 Å². The van der Waals surface area contributed by atoms with Gasteiger partial charge < -0.3 is 89.2 Å². The molecule has 3 aromatic heterocycles. The molecule has 0 unspecified atom stereocenters. The molecule has 4 atom stereocenters. The van der Waals surface area contributed by atoms with Gasteiger partial charge >= 0.3 is 0 Å². The fourth-order valence-electron chi connectivity index (χ4n) is 8.87. The molecule has 5 heterocycles. The van der Waals surface area contributed by atoms with E-state index >= 15 is 0 Å². The summed E-state index contributed by atoms with van der Waals surface area (Å²) in [5.41, 5.74) is -3.38. The number of fused-ring (bicyclic) bond motifs is 8. The molecule has 62 heavy (non-hydrogen) atoms. The first-order chi connectivity index (χ1) is 29.0. The number of H-pyrrole nitrogens is 2. The predicted molar refractivity (Wildman–Crippen MR) is 193 cm³/mol. The summed E-state index contributed by atoms with van der Waals surface area (Å²) in [5, 5.41) is 96.6. The van der Waals surface area contributed by atoms with Gasteiger partial charge in [0.2, 0.25) is 0 Å². The molecule has 0 aromatic carbocycles. The number of carboxylic acid groups (broad SMARTS) is 8. The predicted octanol–water partition coefficient (Wildman–Crippen LogP) is -6.31. The Morgan fingerprint density at radius 3 is 1.19 bits per heavy atom. The average Bonchev–Trinajstić information content (AvgIpc) is 3.77. The fraction of sp³-hybridized carbons (Fsp3) is 0.429. The molecule has 0 fully saturated rings. The van der Waals surface area contributed by atoms with Crippen LogP contribution in [0.3, 0.4) is 0 Å². The first kappa shape index (κ1) is 46.0. The monoisotopic (exact) mass is 854 g/mol. The smallest absolute Gasteiger partial charge is 0.0497 e. The second-order valence-corrected chi connectivity index (χ2v) is 15.9. The maximum absolute atomic E-state index is 12.4. The third-order valence-corrected chi connectivity index (χ3v) is 11.7. The third-order valence-electron chi connectivity index (χ3n) is 11.7. The van der Waals surface area contributed by atoms with E-state index < -0.39 is 122 Å². The Hall–Kier alpha value is -7.12. The van der Waals surface area contributed by atoms with Crippen molar-refractivity contribution >= 4 is 69.8 Å². The molecule has 0 aliphatic carbocycles. The van der Waals surface area contributed by atoms with Crippen LogP contribution < -0.4 is 40.9 Å². The van der Waals surface area contributed by atoms with E-state index in [1.165, 1.54) is 38.1 Å². The summed E-state index contributed by atoms with van der Waals surface area (Å²) in [6.07, 6.45) is -7.13. The normalized spacial score (nSPS) is 19.5. The number of aliphatic carboxylic acids is 8. The Balaban J connectivity index is 2.11. The van der Waals surface area contributed by atoms with Crippen LogP contribution in [-0.4, -0.2) is 67.7 Å². The lowest BCUT2D eigenvalue weighted by molar-refractivity contribution is -0.309. The van der Waals surface area contributed by atoms with Crippen molar-refractivity contribution in [1.29, 1.82) is 0 Å². The highest BCUT2D eigenvalue weighted by Gasteiger charge is 2.46. The Bertz CT molecular complexity index is 2540. The number of aryl methyl sites for hydroxylation is 2. The average molecular weight is 855 g/mol. The van der Waals surface area contributed by atoms with Gasteiger partial charge in [0.25, 0.3) is 0 Å². The molecule has 20 heteroatoms. The zero-order valence-electron chi connectivity index (χ0n) is 33.4. The van der Waals surface area contributed by atoms with Gasteiger partial charge in [-0.15, -0.1) is 0 Å². The highest BCUT2D eigenvalue weighted by molar-refractivity contribution is 5.85. The van der Waals surface area contributed by atoms with Crippen LogP contribution in [0, 0.1) is 0 Å². The summed E-state index contributed by atoms with van der Waals surface area (Å²) in [6.45, 7) is 2.88. The number of carboxylic acids is 8. The maximum Gasteiger partial charge on any atom is 0.0497 e. The lowest BCUT2D eigenvalue weighted by Gasteiger charge is -2.34. The first-order valence-corrected chi connectivity index (χ1v) is 19.4. The minimum Gasteiger partial charge on any atom is -0.550 e. The lowest BCUT2D eigenvalue weighted by atomic mass is 9.69. The molecule has 0 saturated carbocycles. The minimum absolute atomic E-state index is 0.00149. The van der Waals surface area contributed by atoms with Gasteiger partial charge in [-0.1, -0.05) is 13.8 Å². The topological polar surface area (TPSA) is 378 Å². The van der Waals surface area contributed by atoms with Gasteiger partial charge in [0.1, 0.15) is 0 Å². The summed E-state index contributed by atoms with van der Waals surface area (Å²) >= 11 is 0. The van der Waals surface area contributed by atoms with E-state index in [0.29, 0.717) is 0 Å². The zero-order valence-corrected chi connectivity index (χ0v) is 33.4. The largest absolute Gasteiger partial charge is 0.550 e. The molecule has 2 N–H and O–H groups in total. The van der Waals surface area contributed by atoms with Crippen molar-refractivity contribution in [3.05, 3.63) is 69.3 Å². The van der Waals surface area contributed by atoms with Gasteiger partial charge in [-0.3, -0.25) is 9.97 Å². The lowest BCUT2D eigenvalue weighted by Crippen LogP contribution is -2.37. The summed E-state index contributed by atoms with van der Waals surface area (Å²) in [7, 11) is 0. The number of nitrogens with zero attached hydrogens (tertiary/aromatic N) is 2. The molecule has 2 aliphatic rings. The molecule has 20 nitrogen and oxygen atoms in total. The Morgan fingerprint density at radius 1 is 0.468 bits per heavy atom. The summed E-state index contributed by atoms with van der Waals surface area (Å²) in [5.74, 6) is -14.7. The number of rotatable bonds is 20. The van der Waals surface area contributed by atoms with E-state index in [1.54, 1.807) is 0 Å². The second-order valence-electron chi connectivity index (χ2n) is 15.9. The Morgan fingerprint density at radius 2 is 0.823 bits per heavy atom. The Kier molecular flexibility index (Phi) is 13.5. The first-order valence-electron chi connectivity index (χ1n) is 19.4. The van der Waals surface area contributed by atoms with Crippen LogP contribution in [0.15, 0.2) is 24.3 Å². The number of hydrogen-bond donors (Lipinski definition) is 2. The number of carbonyl (C=O) groups is 8. The van der Waals surface area contributed by atoms with Gasteiger partial charge in [-0.2, -0.15) is 0 Å². The van der Waals surface area contributed by atoms with E-state index in [2.05, 4.69) is 9.97 Å². The maximum atomic E-state index is 12.4. The van der Waals surface area contributed by atoms with Crippen LogP contribution >= 0.6 is 0 Å². The zero-order chi connectivity index (χ0) is 45.8. The van der Waals surface area contributed by atoms with Crippen molar-refractivity contribution in [1.82, 2.24) is 19.9 Å². The second kappa shape index (κ2) is 18.2. The number of aromatic amines is 2. The quantitative estimate of drug-likeness (QED) is 0.107. The van der Waals surface area contributed by atoms with E-state index in [4.69, 9.17) is 9.97 Å². The van der Waals surface area contributed by atoms with Crippen molar-refractivity contribution < 1.29 is 79.2 Å². The van der Waals surface area contributed by atoms with Crippen LogP contribution in [-0.2, 0) is 74.9 Å². The number of aromatic nitrogens is 4. The van der Waals surface area contributed by atoms with E-state index in [-0.39, 0.29) is 92.8 Å². The molecule has 5 rings (SSSR count). The van der Waals surface area contributed by atoms with Crippen LogP contribution in [0.2, 0.25) is 0 Å². The van der Waals surface area contributed by atoms with Gasteiger partial charge in [0.05, 0.1) is 0 Å². The summed E-state index contributed by atoms with van der Waals surface area (Å²) in [4.78, 5) is 112. The summed E-state index contributed by atoms with van der Waals surface area (Å²) in [6, 6.07) is 5.24. The fourth-order valence-corrected chi connectivity index (χ4v) is 8.87. The SMILES string of the molecule is C[C@@]1(CC(=O)[O-])c2cc3nc(cc4[nH]c(cc5[nH]c(cc(n2)[C@H]1CCC(=O)[O-])c(CC(=O)[O-])c5CCC(=O)[O-])c(CCC(=O)[O-])c4CC(=O)[O-])[C@@](C)(CC(=O)[O-])[C@@H]3CCC(=O)[O-]. The van der Waals surface area contributed by atoms with Crippen LogP contribution in [0.4, 0.5) is 0 Å². The van der Waals surface area contributed by atoms with Crippen LogP contribution in [0.25, 0.3) is 22.1 Å². The van der Waals surface area contributed by atoms with Crippen LogP contribution in [0.5, 0.6) is 0 Å². The number of nitrogens with one attached hydrogen (secondary N) is 2. The highest BCUT2D eigenvalue weighted by atomic mass is 16.4. The number of carbonyl (C=O) groups excluding carboxylic acids is 8. The van der Waals surface area contributed by atoms with Gasteiger partial charge in [-0.25, -0.2) is 0 Å². The molecule has 0 radical (unpaired) electrons. The summed E-state index contributed by atoms with van der Waals surface area (Å²) < 4.78 is 0. The third kappa shape index (κ3) is 10.1. The van der Waals surface area contributed by atoms with E-state index in [1.807, 2.05) is 0 Å². The van der Waals surface area contributed by atoms with E-state index in [0.717, 1.165) is 0 Å². The van der Waals surface area contributed by atoms with Crippen molar-refractivity contribution in [2.75, 3.05) is 0 Å². The standard InChI is InChI=1S/C42H46N4O16/c1-41(17-39(59)60)23(5-9-35(51)52)29-14-27-21(11-37(55)56)19(3-7-33(47)48)25(43-27)13-26-20(4-8-34(49)50)22(12-38(57)58)28(44-26)15-31-42(2,18-40(61)62)24(6-10-36(53)54)30(46-31)16-32(41)45-29/h13-16,23-24,43-44H,3-12,17-18H2,1-2H3,(H,47,48)(H,49,50)(H,51,52)(H,53,54)(H,55,56)(H,57,58)(H,59,60)(H,61,62)/p-8/t23-,24-,41+,42+/m1/s1. The molecule has 0 spiro atoms. The molecular formula is C42H38N4O16-8. The van der Waals surface area contributed by atoms with E-state index in [9.17, 15) is 79.2 Å². The molecule has 3 aromatic rings.